The van der Waals surface area contributed by atoms with Crippen molar-refractivity contribution in [1.82, 2.24) is 19.7 Å². The second-order valence-corrected chi connectivity index (χ2v) is 9.11. The van der Waals surface area contributed by atoms with Gasteiger partial charge in [0.25, 0.3) is 0 Å². The van der Waals surface area contributed by atoms with Gasteiger partial charge >= 0.3 is 6.18 Å². The zero-order valence-electron chi connectivity index (χ0n) is 19.2. The number of hydrogen-bond acceptors (Lipinski definition) is 5. The van der Waals surface area contributed by atoms with Crippen molar-refractivity contribution in [2.75, 3.05) is 5.73 Å². The molecule has 1 aliphatic carbocycles. The van der Waals surface area contributed by atoms with Crippen LogP contribution in [0, 0.1) is 5.82 Å². The Hall–Kier alpha value is -3.95. The third-order valence-electron chi connectivity index (χ3n) is 6.79. The maximum atomic E-state index is 14.4. The minimum Gasteiger partial charge on any atom is -0.482 e. The second-order valence-electron chi connectivity index (χ2n) is 9.11. The van der Waals surface area contributed by atoms with Crippen molar-refractivity contribution >= 4 is 5.82 Å². The van der Waals surface area contributed by atoms with E-state index in [1.807, 2.05) is 6.07 Å². The number of nitrogens with zero attached hydrogens (tertiary/aromatic N) is 4. The lowest BCUT2D eigenvalue weighted by molar-refractivity contribution is -0.142. The van der Waals surface area contributed by atoms with Crippen LogP contribution in [0.2, 0.25) is 0 Å². The number of rotatable bonds is 1. The number of fused-ring (bicyclic) bond motifs is 7. The van der Waals surface area contributed by atoms with Gasteiger partial charge in [0, 0.05) is 40.6 Å². The van der Waals surface area contributed by atoms with E-state index in [0.29, 0.717) is 52.2 Å². The van der Waals surface area contributed by atoms with E-state index >= 15 is 0 Å². The molecule has 1 aromatic carbocycles. The maximum Gasteiger partial charge on any atom is 0.408 e. The molecule has 6 nitrogen and oxygen atoms in total. The van der Waals surface area contributed by atoms with Crippen LogP contribution in [0.25, 0.3) is 22.5 Å². The first-order valence-corrected chi connectivity index (χ1v) is 11.5. The molecule has 0 radical (unpaired) electrons. The van der Waals surface area contributed by atoms with Gasteiger partial charge in [0.05, 0.1) is 17.1 Å². The highest BCUT2D eigenvalue weighted by molar-refractivity contribution is 5.74. The fourth-order valence-electron chi connectivity index (χ4n) is 5.34. The van der Waals surface area contributed by atoms with Crippen LogP contribution in [0.3, 0.4) is 0 Å². The molecule has 4 heterocycles. The Kier molecular flexibility index (Phi) is 5.03. The molecular weight excluding hydrogens is 474 g/mol. The lowest BCUT2D eigenvalue weighted by Crippen LogP contribution is -2.20. The third-order valence-corrected chi connectivity index (χ3v) is 6.79. The fraction of sp³-hybridized carbons (Fsp3) is 0.269. The Morgan fingerprint density at radius 2 is 1.97 bits per heavy atom. The van der Waals surface area contributed by atoms with E-state index < -0.39 is 24.6 Å². The van der Waals surface area contributed by atoms with Gasteiger partial charge in [-0.05, 0) is 55.7 Å². The Morgan fingerprint density at radius 1 is 1.14 bits per heavy atom. The summed E-state index contributed by atoms with van der Waals surface area (Å²) in [5.74, 6) is -0.406. The van der Waals surface area contributed by atoms with Gasteiger partial charge in [-0.1, -0.05) is 6.07 Å². The number of benzene rings is 1. The van der Waals surface area contributed by atoms with Crippen molar-refractivity contribution in [3.8, 4) is 28.3 Å². The van der Waals surface area contributed by atoms with Crippen molar-refractivity contribution in [2.24, 2.45) is 0 Å². The van der Waals surface area contributed by atoms with Crippen molar-refractivity contribution in [3.63, 3.8) is 0 Å². The van der Waals surface area contributed by atoms with Crippen LogP contribution < -0.4 is 10.5 Å². The summed E-state index contributed by atoms with van der Waals surface area (Å²) in [6.07, 6.45) is -0.845. The summed E-state index contributed by atoms with van der Waals surface area (Å²) < 4.78 is 62.1. The number of alkyl halides is 3. The molecule has 0 amide bonds. The molecular formula is C26H21F4N5O. The van der Waals surface area contributed by atoms with Gasteiger partial charge in [0.2, 0.25) is 0 Å². The standard InChI is InChI=1S/C26H21F4N5O/c1-13-19-10-15(27)4-5-18(19)23-17(3-2-8-32-23)16-6-7-20-22(16)24(35(34-20)12-26(28,29)30)14-9-21(36-13)25(31)33-11-14/h2-5,8-11,13,16H,6-7,12H2,1H3,(H2,31,33)/t13-,16?/m1/s1. The number of ether oxygens (including phenoxy) is 1. The predicted molar refractivity (Wildman–Crippen MR) is 125 cm³/mol. The summed E-state index contributed by atoms with van der Waals surface area (Å²) in [5.41, 5.74) is 10.9. The Balaban J connectivity index is 1.68. The average Bonchev–Trinajstić information content (AvgIpc) is 3.37. The van der Waals surface area contributed by atoms with Crippen molar-refractivity contribution in [1.29, 1.82) is 0 Å². The zero-order chi connectivity index (χ0) is 25.2. The molecule has 3 aromatic heterocycles. The van der Waals surface area contributed by atoms with Crippen molar-refractivity contribution in [3.05, 3.63) is 77.0 Å². The monoisotopic (exact) mass is 495 g/mol. The first-order chi connectivity index (χ1) is 17.2. The molecule has 10 heteroatoms. The van der Waals surface area contributed by atoms with Crippen molar-refractivity contribution in [2.45, 2.75) is 44.5 Å². The minimum atomic E-state index is -4.47. The highest BCUT2D eigenvalue weighted by Gasteiger charge is 2.38. The van der Waals surface area contributed by atoms with Crippen molar-refractivity contribution < 1.29 is 22.3 Å². The lowest BCUT2D eigenvalue weighted by Gasteiger charge is -2.24. The quantitative estimate of drug-likeness (QED) is 0.337. The Morgan fingerprint density at radius 3 is 2.78 bits per heavy atom. The highest BCUT2D eigenvalue weighted by atomic mass is 19.4. The molecule has 36 heavy (non-hydrogen) atoms. The molecule has 4 aromatic rings. The lowest BCUT2D eigenvalue weighted by atomic mass is 9.86. The normalized spacial score (nSPS) is 18.4. The minimum absolute atomic E-state index is 0.0780. The van der Waals surface area contributed by atoms with Crippen LogP contribution in [0.1, 0.15) is 47.8 Å². The summed E-state index contributed by atoms with van der Waals surface area (Å²) in [4.78, 5) is 8.85. The number of nitrogen functional groups attached to an aromatic ring is 1. The van der Waals surface area contributed by atoms with E-state index in [4.69, 9.17) is 10.5 Å². The summed E-state index contributed by atoms with van der Waals surface area (Å²) in [6, 6.07) is 9.73. The van der Waals surface area contributed by atoms with E-state index in [2.05, 4.69) is 15.1 Å². The van der Waals surface area contributed by atoms with Crippen LogP contribution in [0.5, 0.6) is 5.75 Å². The van der Waals surface area contributed by atoms with Gasteiger partial charge in [-0.25, -0.2) is 9.37 Å². The van der Waals surface area contributed by atoms with E-state index in [-0.39, 0.29) is 17.5 Å². The van der Waals surface area contributed by atoms with Gasteiger partial charge in [-0.15, -0.1) is 0 Å². The summed E-state index contributed by atoms with van der Waals surface area (Å²) in [5, 5.41) is 4.37. The van der Waals surface area contributed by atoms with Crippen LogP contribution in [-0.4, -0.2) is 25.9 Å². The Bertz CT molecular complexity index is 1500. The topological polar surface area (TPSA) is 78.9 Å². The van der Waals surface area contributed by atoms with Crippen LogP contribution in [0.15, 0.2) is 48.8 Å². The summed E-state index contributed by atoms with van der Waals surface area (Å²) in [7, 11) is 0. The first kappa shape index (κ1) is 22.5. The number of aryl methyl sites for hydroxylation is 1. The average molecular weight is 495 g/mol. The van der Waals surface area contributed by atoms with E-state index in [1.54, 1.807) is 31.3 Å². The molecule has 0 spiro atoms. The number of halogens is 4. The SMILES string of the molecule is C[C@H]1Oc2cc(cnc2N)-c2c3c(nn2CC(F)(F)F)CCC3c2cccnc2-c2ccc(F)cc21. The molecule has 2 atom stereocenters. The van der Waals surface area contributed by atoms with E-state index in [9.17, 15) is 17.6 Å². The number of pyridine rings is 2. The summed E-state index contributed by atoms with van der Waals surface area (Å²) >= 11 is 0. The fourth-order valence-corrected chi connectivity index (χ4v) is 5.34. The molecule has 1 aliphatic heterocycles. The molecule has 6 rings (SSSR count). The smallest absolute Gasteiger partial charge is 0.408 e. The number of aromatic nitrogens is 4. The summed E-state index contributed by atoms with van der Waals surface area (Å²) in [6.45, 7) is 0.521. The predicted octanol–water partition coefficient (Wildman–Crippen LogP) is 5.82. The second kappa shape index (κ2) is 8.04. The molecule has 0 saturated carbocycles. The largest absolute Gasteiger partial charge is 0.482 e. The molecule has 2 N–H and O–H groups in total. The van der Waals surface area contributed by atoms with E-state index in [1.165, 1.54) is 18.3 Å². The maximum absolute atomic E-state index is 14.4. The van der Waals surface area contributed by atoms with Gasteiger partial charge in [-0.2, -0.15) is 18.3 Å². The molecule has 2 aliphatic rings. The zero-order valence-corrected chi connectivity index (χ0v) is 19.2. The first-order valence-electron chi connectivity index (χ1n) is 11.5. The third kappa shape index (κ3) is 3.68. The van der Waals surface area contributed by atoms with Crippen LogP contribution >= 0.6 is 0 Å². The molecule has 0 fully saturated rings. The Labute approximate surface area is 203 Å². The van der Waals surface area contributed by atoms with E-state index in [0.717, 1.165) is 10.2 Å². The molecule has 2 bridgehead atoms. The number of nitrogens with two attached hydrogens (primary N) is 1. The molecule has 1 unspecified atom stereocenters. The number of anilines is 1. The van der Waals surface area contributed by atoms with Crippen LogP contribution in [-0.2, 0) is 13.0 Å². The highest BCUT2D eigenvalue weighted by Crippen LogP contribution is 2.48. The number of hydrogen-bond donors (Lipinski definition) is 1. The van der Waals surface area contributed by atoms with Gasteiger partial charge in [-0.3, -0.25) is 9.67 Å². The van der Waals surface area contributed by atoms with Crippen LogP contribution in [0.4, 0.5) is 23.4 Å². The molecule has 0 saturated heterocycles. The van der Waals surface area contributed by atoms with Gasteiger partial charge in [0.15, 0.2) is 11.6 Å². The molecule has 184 valence electrons. The van der Waals surface area contributed by atoms with Gasteiger partial charge < -0.3 is 10.5 Å². The van der Waals surface area contributed by atoms with Gasteiger partial charge in [0.1, 0.15) is 18.5 Å².